The maximum atomic E-state index is 14.0. The SMILES string of the molecule is CCOc1cc(=O)n(C)cc1-c1cc([N+](=O)[O-])ccc1F. The zero-order valence-electron chi connectivity index (χ0n) is 11.5. The quantitative estimate of drug-likeness (QED) is 0.641. The monoisotopic (exact) mass is 292 g/mol. The van der Waals surface area contributed by atoms with Gasteiger partial charge in [0.2, 0.25) is 0 Å². The van der Waals surface area contributed by atoms with Gasteiger partial charge in [0.05, 0.1) is 11.5 Å². The predicted molar refractivity (Wildman–Crippen MR) is 74.9 cm³/mol. The lowest BCUT2D eigenvalue weighted by Crippen LogP contribution is -2.16. The van der Waals surface area contributed by atoms with Crippen LogP contribution in [0.2, 0.25) is 0 Å². The first-order chi connectivity index (χ1) is 9.93. The first-order valence-electron chi connectivity index (χ1n) is 6.21. The zero-order valence-corrected chi connectivity index (χ0v) is 11.5. The highest BCUT2D eigenvalue weighted by atomic mass is 19.1. The molecule has 0 spiro atoms. The molecule has 0 radical (unpaired) electrons. The summed E-state index contributed by atoms with van der Waals surface area (Å²) in [5.41, 5.74) is -0.237. The van der Waals surface area contributed by atoms with Crippen LogP contribution >= 0.6 is 0 Å². The Morgan fingerprint density at radius 2 is 2.05 bits per heavy atom. The number of ether oxygens (including phenoxy) is 1. The molecule has 6 nitrogen and oxygen atoms in total. The number of nitro groups is 1. The van der Waals surface area contributed by atoms with Gasteiger partial charge < -0.3 is 9.30 Å². The van der Waals surface area contributed by atoms with Gasteiger partial charge in [0.25, 0.3) is 11.2 Å². The molecule has 2 aromatic rings. The highest BCUT2D eigenvalue weighted by Gasteiger charge is 2.17. The molecular formula is C14H13FN2O4. The molecule has 0 saturated heterocycles. The largest absolute Gasteiger partial charge is 0.493 e. The Morgan fingerprint density at radius 3 is 2.67 bits per heavy atom. The van der Waals surface area contributed by atoms with Crippen molar-refractivity contribution in [1.29, 1.82) is 0 Å². The van der Waals surface area contributed by atoms with Crippen molar-refractivity contribution in [2.45, 2.75) is 6.92 Å². The molecule has 7 heteroatoms. The van der Waals surface area contributed by atoms with Crippen molar-refractivity contribution in [3.8, 4) is 16.9 Å². The number of rotatable bonds is 4. The lowest BCUT2D eigenvalue weighted by Gasteiger charge is -2.12. The lowest BCUT2D eigenvalue weighted by molar-refractivity contribution is -0.384. The van der Waals surface area contributed by atoms with Crippen molar-refractivity contribution in [2.24, 2.45) is 7.05 Å². The van der Waals surface area contributed by atoms with Gasteiger partial charge in [0.1, 0.15) is 11.6 Å². The third kappa shape index (κ3) is 2.91. The van der Waals surface area contributed by atoms with Crippen molar-refractivity contribution in [3.05, 3.63) is 56.7 Å². The van der Waals surface area contributed by atoms with Gasteiger partial charge in [-0.05, 0) is 13.0 Å². The van der Waals surface area contributed by atoms with Gasteiger partial charge >= 0.3 is 0 Å². The second-order valence-corrected chi connectivity index (χ2v) is 4.35. The van der Waals surface area contributed by atoms with Crippen LogP contribution in [0.3, 0.4) is 0 Å². The van der Waals surface area contributed by atoms with E-state index in [-0.39, 0.29) is 29.2 Å². The van der Waals surface area contributed by atoms with E-state index in [0.29, 0.717) is 5.56 Å². The topological polar surface area (TPSA) is 74.4 Å². The van der Waals surface area contributed by atoms with Gasteiger partial charge in [-0.1, -0.05) is 0 Å². The van der Waals surface area contributed by atoms with Gasteiger partial charge in [-0.3, -0.25) is 14.9 Å². The third-order valence-electron chi connectivity index (χ3n) is 2.94. The van der Waals surface area contributed by atoms with Gasteiger partial charge in [0.15, 0.2) is 0 Å². The summed E-state index contributed by atoms with van der Waals surface area (Å²) in [4.78, 5) is 21.9. The minimum absolute atomic E-state index is 0.0169. The van der Waals surface area contributed by atoms with Crippen molar-refractivity contribution in [3.63, 3.8) is 0 Å². The molecule has 1 heterocycles. The Morgan fingerprint density at radius 1 is 1.33 bits per heavy atom. The Labute approximate surface area is 119 Å². The minimum Gasteiger partial charge on any atom is -0.493 e. The molecule has 1 aromatic carbocycles. The van der Waals surface area contributed by atoms with Crippen LogP contribution in [0.1, 0.15) is 6.92 Å². The van der Waals surface area contributed by atoms with E-state index >= 15 is 0 Å². The number of nitrogens with zero attached hydrogens (tertiary/aromatic N) is 2. The Kier molecular flexibility index (Phi) is 4.02. The fourth-order valence-corrected chi connectivity index (χ4v) is 1.92. The van der Waals surface area contributed by atoms with E-state index < -0.39 is 10.7 Å². The first-order valence-corrected chi connectivity index (χ1v) is 6.21. The molecule has 110 valence electrons. The van der Waals surface area contributed by atoms with E-state index in [2.05, 4.69) is 0 Å². The van der Waals surface area contributed by atoms with Crippen LogP contribution in [-0.4, -0.2) is 16.1 Å². The molecule has 0 atom stereocenters. The van der Waals surface area contributed by atoms with Crippen molar-refractivity contribution in [1.82, 2.24) is 4.57 Å². The molecule has 0 aliphatic rings. The standard InChI is InChI=1S/C14H13FN2O4/c1-3-21-13-7-14(18)16(2)8-11(13)10-6-9(17(19)20)4-5-12(10)15/h4-8H,3H2,1-2H3. The zero-order chi connectivity index (χ0) is 15.6. The molecule has 0 N–H and O–H groups in total. The minimum atomic E-state index is -0.625. The van der Waals surface area contributed by atoms with Crippen LogP contribution < -0.4 is 10.3 Å². The number of hydrogen-bond acceptors (Lipinski definition) is 4. The van der Waals surface area contributed by atoms with Crippen LogP contribution in [0, 0.1) is 15.9 Å². The molecule has 0 saturated carbocycles. The van der Waals surface area contributed by atoms with E-state index in [0.717, 1.165) is 18.2 Å². The Hall–Kier alpha value is -2.70. The maximum absolute atomic E-state index is 14.0. The van der Waals surface area contributed by atoms with Gasteiger partial charge in [0, 0.05) is 42.6 Å². The smallest absolute Gasteiger partial charge is 0.270 e. The van der Waals surface area contributed by atoms with E-state index in [9.17, 15) is 19.3 Å². The summed E-state index contributed by atoms with van der Waals surface area (Å²) in [5, 5.41) is 10.8. The predicted octanol–water partition coefficient (Wildman–Crippen LogP) is 2.50. The van der Waals surface area contributed by atoms with Crippen molar-refractivity contribution < 1.29 is 14.1 Å². The van der Waals surface area contributed by atoms with Crippen LogP contribution in [0.25, 0.3) is 11.1 Å². The van der Waals surface area contributed by atoms with Gasteiger partial charge in [-0.2, -0.15) is 0 Å². The average Bonchev–Trinajstić information content (AvgIpc) is 2.43. The van der Waals surface area contributed by atoms with E-state index in [1.165, 1.54) is 23.9 Å². The highest BCUT2D eigenvalue weighted by Crippen LogP contribution is 2.32. The second kappa shape index (κ2) is 5.74. The molecule has 0 unspecified atom stereocenters. The van der Waals surface area contributed by atoms with Crippen LogP contribution in [0.5, 0.6) is 5.75 Å². The summed E-state index contributed by atoms with van der Waals surface area (Å²) in [6, 6.07) is 4.46. The number of aromatic nitrogens is 1. The summed E-state index contributed by atoms with van der Waals surface area (Å²) in [6.07, 6.45) is 1.40. The third-order valence-corrected chi connectivity index (χ3v) is 2.94. The first kappa shape index (κ1) is 14.7. The molecular weight excluding hydrogens is 279 g/mol. The van der Waals surface area contributed by atoms with Crippen LogP contribution in [0.4, 0.5) is 10.1 Å². The molecule has 0 aliphatic heterocycles. The normalized spacial score (nSPS) is 10.4. The molecule has 21 heavy (non-hydrogen) atoms. The number of aryl methyl sites for hydroxylation is 1. The van der Waals surface area contributed by atoms with E-state index in [4.69, 9.17) is 4.74 Å². The Balaban J connectivity index is 2.70. The number of pyridine rings is 1. The Bertz CT molecular complexity index is 755. The molecule has 0 bridgehead atoms. The fourth-order valence-electron chi connectivity index (χ4n) is 1.92. The van der Waals surface area contributed by atoms with E-state index in [1.54, 1.807) is 6.92 Å². The van der Waals surface area contributed by atoms with Crippen molar-refractivity contribution >= 4 is 5.69 Å². The van der Waals surface area contributed by atoms with Gasteiger partial charge in [-0.25, -0.2) is 4.39 Å². The van der Waals surface area contributed by atoms with Crippen LogP contribution in [-0.2, 0) is 7.05 Å². The summed E-state index contributed by atoms with van der Waals surface area (Å²) >= 11 is 0. The number of nitro benzene ring substituents is 1. The number of benzene rings is 1. The summed E-state index contributed by atoms with van der Waals surface area (Å²) in [5.74, 6) is -0.430. The van der Waals surface area contributed by atoms with Gasteiger partial charge in [-0.15, -0.1) is 0 Å². The average molecular weight is 292 g/mol. The molecule has 0 aliphatic carbocycles. The molecule has 0 fully saturated rings. The number of hydrogen-bond donors (Lipinski definition) is 0. The number of non-ortho nitro benzene ring substituents is 1. The van der Waals surface area contributed by atoms with Crippen LogP contribution in [0.15, 0.2) is 35.3 Å². The van der Waals surface area contributed by atoms with Crippen molar-refractivity contribution in [2.75, 3.05) is 6.61 Å². The summed E-state index contributed by atoms with van der Waals surface area (Å²) < 4.78 is 20.6. The number of halogens is 1. The lowest BCUT2D eigenvalue weighted by atomic mass is 10.1. The fraction of sp³-hybridized carbons (Fsp3) is 0.214. The second-order valence-electron chi connectivity index (χ2n) is 4.35. The maximum Gasteiger partial charge on any atom is 0.270 e. The highest BCUT2D eigenvalue weighted by molar-refractivity contribution is 5.72. The molecule has 0 amide bonds. The molecule has 1 aromatic heterocycles. The summed E-state index contributed by atoms with van der Waals surface area (Å²) in [6.45, 7) is 2.02. The van der Waals surface area contributed by atoms with E-state index in [1.807, 2.05) is 0 Å². The molecule has 2 rings (SSSR count). The summed E-state index contributed by atoms with van der Waals surface area (Å²) in [7, 11) is 1.51.